The van der Waals surface area contributed by atoms with Crippen molar-refractivity contribution in [2.24, 2.45) is 4.99 Å². The van der Waals surface area contributed by atoms with Gasteiger partial charge in [-0.25, -0.2) is 4.31 Å². The summed E-state index contributed by atoms with van der Waals surface area (Å²) in [5, 5.41) is 0. The fourth-order valence-corrected chi connectivity index (χ4v) is 4.87. The Morgan fingerprint density at radius 1 is 1.12 bits per heavy atom. The molecule has 1 aromatic heterocycles. The fourth-order valence-electron chi connectivity index (χ4n) is 3.83. The second kappa shape index (κ2) is 14.3. The number of ether oxygens (including phenoxy) is 1. The number of nitrogens with zero attached hydrogens (tertiary/aromatic N) is 5. The number of unbranched alkanes of at least 4 members (excludes halogenated alkanes) is 3. The molecule has 0 spiro atoms. The van der Waals surface area contributed by atoms with Gasteiger partial charge in [-0.3, -0.25) is 9.98 Å². The van der Waals surface area contributed by atoms with Crippen LogP contribution in [0.5, 0.6) is 5.75 Å². The van der Waals surface area contributed by atoms with E-state index in [9.17, 15) is 0 Å². The number of hydrogen-bond acceptors (Lipinski definition) is 7. The number of aliphatic imine (C=N–C) groups is 1. The van der Waals surface area contributed by atoms with E-state index in [0.29, 0.717) is 0 Å². The zero-order valence-corrected chi connectivity index (χ0v) is 21.5. The molecule has 0 radical (unpaired) electrons. The lowest BCUT2D eigenvalue weighted by atomic mass is 10.1. The molecule has 0 aromatic carbocycles. The molecule has 1 fully saturated rings. The molecule has 2 aliphatic rings. The van der Waals surface area contributed by atoms with E-state index < -0.39 is 0 Å². The lowest BCUT2D eigenvalue weighted by Gasteiger charge is -2.29. The van der Waals surface area contributed by atoms with E-state index in [4.69, 9.17) is 4.74 Å². The first-order valence-corrected chi connectivity index (χ1v) is 13.3. The van der Waals surface area contributed by atoms with Crippen molar-refractivity contribution in [3.05, 3.63) is 47.6 Å². The Hall–Kier alpha value is -1.99. The molecule has 2 aliphatic heterocycles. The average Bonchev–Trinajstić information content (AvgIpc) is 3.31. The summed E-state index contributed by atoms with van der Waals surface area (Å²) in [6, 6.07) is 3.95. The van der Waals surface area contributed by atoms with E-state index in [1.54, 1.807) is 6.20 Å². The normalized spacial score (nSPS) is 17.1. The average molecular weight is 472 g/mol. The molecule has 6 nitrogen and oxygen atoms in total. The van der Waals surface area contributed by atoms with Crippen molar-refractivity contribution in [2.45, 2.75) is 58.8 Å². The van der Waals surface area contributed by atoms with Gasteiger partial charge in [-0.05, 0) is 62.8 Å². The molecule has 0 aliphatic carbocycles. The highest BCUT2D eigenvalue weighted by atomic mass is 32.2. The maximum atomic E-state index is 5.85. The first kappa shape index (κ1) is 25.6. The number of allylic oxidation sites excluding steroid dienone is 2. The zero-order valence-electron chi connectivity index (χ0n) is 20.7. The van der Waals surface area contributed by atoms with Gasteiger partial charge in [0.25, 0.3) is 0 Å². The minimum Gasteiger partial charge on any atom is -0.492 e. The molecule has 7 heteroatoms. The van der Waals surface area contributed by atoms with Crippen LogP contribution in [0.1, 0.15) is 64.5 Å². The predicted octanol–water partition coefficient (Wildman–Crippen LogP) is 5.54. The fraction of sp³-hybridized carbons (Fsp3) is 0.615. The molecule has 0 unspecified atom stereocenters. The summed E-state index contributed by atoms with van der Waals surface area (Å²) in [6.07, 6.45) is 16.6. The molecule has 0 N–H and O–H groups in total. The van der Waals surface area contributed by atoms with Gasteiger partial charge >= 0.3 is 0 Å². The summed E-state index contributed by atoms with van der Waals surface area (Å²) >= 11 is 1.90. The largest absolute Gasteiger partial charge is 0.492 e. The Morgan fingerprint density at radius 3 is 2.82 bits per heavy atom. The van der Waals surface area contributed by atoms with Gasteiger partial charge in [0.2, 0.25) is 0 Å². The van der Waals surface area contributed by atoms with Crippen LogP contribution in [0.15, 0.2) is 46.9 Å². The first-order valence-electron chi connectivity index (χ1n) is 12.6. The standard InChI is InChI=1S/C26H41N5OS/c1-4-6-10-24-20-25(13-16-29(24)3)31-18-17-30(33-31)15-8-7-9-19-32-26-12-11-23(28-22-26)21-27-14-5-2/h11-13,20-22H,4-10,14-19H2,1-3H3/b27-21+. The van der Waals surface area contributed by atoms with Crippen molar-refractivity contribution in [3.8, 4) is 5.75 Å². The molecule has 182 valence electrons. The Morgan fingerprint density at radius 2 is 2.03 bits per heavy atom. The van der Waals surface area contributed by atoms with Gasteiger partial charge in [0.1, 0.15) is 5.75 Å². The van der Waals surface area contributed by atoms with Gasteiger partial charge in [0.15, 0.2) is 0 Å². The summed E-state index contributed by atoms with van der Waals surface area (Å²) in [5.41, 5.74) is 3.75. The first-order chi connectivity index (χ1) is 16.2. The molecule has 1 saturated heterocycles. The van der Waals surface area contributed by atoms with Crippen LogP contribution in [0.3, 0.4) is 0 Å². The minimum atomic E-state index is 0.746. The molecule has 1 aromatic rings. The molecule has 0 atom stereocenters. The predicted molar refractivity (Wildman–Crippen MR) is 141 cm³/mol. The van der Waals surface area contributed by atoms with Gasteiger partial charge in [-0.15, -0.1) is 0 Å². The smallest absolute Gasteiger partial charge is 0.137 e. The molecule has 0 amide bonds. The van der Waals surface area contributed by atoms with E-state index in [1.165, 1.54) is 43.5 Å². The molecular formula is C26H41N5OS. The molecule has 3 rings (SSSR count). The van der Waals surface area contributed by atoms with E-state index in [0.717, 1.165) is 63.6 Å². The third-order valence-corrected chi connectivity index (χ3v) is 7.06. The highest BCUT2D eigenvalue weighted by Crippen LogP contribution is 2.31. The quantitative estimate of drug-likeness (QED) is 0.202. The monoisotopic (exact) mass is 471 g/mol. The Kier molecular flexibility index (Phi) is 11.1. The van der Waals surface area contributed by atoms with Gasteiger partial charge in [-0.1, -0.05) is 20.3 Å². The highest BCUT2D eigenvalue weighted by molar-refractivity contribution is 7.95. The van der Waals surface area contributed by atoms with E-state index in [2.05, 4.69) is 56.5 Å². The molecule has 0 bridgehead atoms. The number of hydrogen-bond donors (Lipinski definition) is 0. The third kappa shape index (κ3) is 8.70. The van der Waals surface area contributed by atoms with Gasteiger partial charge in [-0.2, -0.15) is 0 Å². The van der Waals surface area contributed by atoms with E-state index in [1.807, 2.05) is 30.5 Å². The van der Waals surface area contributed by atoms with Crippen LogP contribution in [-0.4, -0.2) is 71.1 Å². The SMILES string of the molecule is CCCCC1=CC(N2CCN(CCCCCOc3ccc(/C=N/CCC)nc3)S2)=CCN1C. The maximum Gasteiger partial charge on any atom is 0.137 e. The van der Waals surface area contributed by atoms with Crippen molar-refractivity contribution < 1.29 is 4.74 Å². The van der Waals surface area contributed by atoms with Crippen LogP contribution in [0.25, 0.3) is 0 Å². The number of aromatic nitrogens is 1. The summed E-state index contributed by atoms with van der Waals surface area (Å²) < 4.78 is 10.8. The summed E-state index contributed by atoms with van der Waals surface area (Å²) in [6.45, 7) is 10.4. The Bertz CT molecular complexity index is 792. The van der Waals surface area contributed by atoms with Crippen LogP contribution >= 0.6 is 12.1 Å². The number of rotatable bonds is 14. The second-order valence-electron chi connectivity index (χ2n) is 8.72. The van der Waals surface area contributed by atoms with Gasteiger partial charge in [0, 0.05) is 69.5 Å². The lowest BCUT2D eigenvalue weighted by molar-refractivity contribution is 0.301. The molecule has 3 heterocycles. The maximum absolute atomic E-state index is 5.85. The van der Waals surface area contributed by atoms with Crippen molar-refractivity contribution in [1.82, 2.24) is 18.5 Å². The number of pyridine rings is 1. The van der Waals surface area contributed by atoms with Crippen molar-refractivity contribution in [2.75, 3.05) is 46.4 Å². The molecule has 33 heavy (non-hydrogen) atoms. The summed E-state index contributed by atoms with van der Waals surface area (Å²) in [4.78, 5) is 11.1. The Labute approximate surface area is 205 Å². The van der Waals surface area contributed by atoms with E-state index >= 15 is 0 Å². The van der Waals surface area contributed by atoms with Crippen molar-refractivity contribution in [1.29, 1.82) is 0 Å². The van der Waals surface area contributed by atoms with Crippen LogP contribution in [-0.2, 0) is 0 Å². The van der Waals surface area contributed by atoms with Crippen molar-refractivity contribution >= 4 is 18.3 Å². The van der Waals surface area contributed by atoms with Crippen LogP contribution < -0.4 is 4.74 Å². The number of likely N-dealkylation sites (N-methyl/N-ethyl adjacent to an activating group) is 1. The zero-order chi connectivity index (χ0) is 23.3. The summed E-state index contributed by atoms with van der Waals surface area (Å²) in [7, 11) is 2.21. The highest BCUT2D eigenvalue weighted by Gasteiger charge is 2.24. The van der Waals surface area contributed by atoms with E-state index in [-0.39, 0.29) is 0 Å². The van der Waals surface area contributed by atoms with Gasteiger partial charge in [0.05, 0.1) is 18.5 Å². The molecular weight excluding hydrogens is 430 g/mol. The van der Waals surface area contributed by atoms with Crippen LogP contribution in [0.4, 0.5) is 0 Å². The second-order valence-corrected chi connectivity index (χ2v) is 9.85. The lowest BCUT2D eigenvalue weighted by Crippen LogP contribution is -2.24. The van der Waals surface area contributed by atoms with Crippen LogP contribution in [0, 0.1) is 0 Å². The van der Waals surface area contributed by atoms with Crippen molar-refractivity contribution in [3.63, 3.8) is 0 Å². The summed E-state index contributed by atoms with van der Waals surface area (Å²) in [5.74, 6) is 0.839. The minimum absolute atomic E-state index is 0.746. The topological polar surface area (TPSA) is 44.2 Å². The van der Waals surface area contributed by atoms with Crippen LogP contribution in [0.2, 0.25) is 0 Å². The van der Waals surface area contributed by atoms with Gasteiger partial charge < -0.3 is 13.9 Å². The molecule has 0 saturated carbocycles. The third-order valence-electron chi connectivity index (χ3n) is 5.88. The Balaban J connectivity index is 1.29.